The topological polar surface area (TPSA) is 46.2 Å². The van der Waals surface area contributed by atoms with Crippen LogP contribution in [0.5, 0.6) is 5.75 Å². The summed E-state index contributed by atoms with van der Waals surface area (Å²) < 4.78 is 18.9. The number of rotatable bonds is 4. The van der Waals surface area contributed by atoms with E-state index in [9.17, 15) is 4.39 Å². The molecule has 2 rings (SSSR count). The molecule has 0 fully saturated rings. The fourth-order valence-electron chi connectivity index (χ4n) is 1.87. The summed E-state index contributed by atoms with van der Waals surface area (Å²) in [5.41, 5.74) is 0.594. The highest BCUT2D eigenvalue weighted by Crippen LogP contribution is 2.22. The van der Waals surface area contributed by atoms with Gasteiger partial charge in [0.1, 0.15) is 12.4 Å². The Kier molecular flexibility index (Phi) is 5.50. The molecule has 0 spiro atoms. The van der Waals surface area contributed by atoms with Gasteiger partial charge in [0.05, 0.1) is 0 Å². The average molecular weight is 333 g/mol. The van der Waals surface area contributed by atoms with Gasteiger partial charge in [0.25, 0.3) is 0 Å². The Bertz CT molecular complexity index is 686. The summed E-state index contributed by atoms with van der Waals surface area (Å²) in [5.74, 6) is 0.784. The van der Waals surface area contributed by atoms with Gasteiger partial charge in [-0.2, -0.15) is 0 Å². The zero-order chi connectivity index (χ0) is 16.9. The third kappa shape index (κ3) is 5.83. The summed E-state index contributed by atoms with van der Waals surface area (Å²) >= 11 is 5.27. The van der Waals surface area contributed by atoms with Crippen LogP contribution >= 0.6 is 12.2 Å². The fraction of sp³-hybridized carbons (Fsp3) is 0.294. The molecule has 1 aromatic heterocycles. The number of halogens is 1. The summed E-state index contributed by atoms with van der Waals surface area (Å²) in [7, 11) is 0. The highest BCUT2D eigenvalue weighted by atomic mass is 32.1. The van der Waals surface area contributed by atoms with Crippen LogP contribution in [-0.2, 0) is 6.61 Å². The van der Waals surface area contributed by atoms with Gasteiger partial charge in [0.2, 0.25) is 0 Å². The largest absolute Gasteiger partial charge is 0.485 e. The van der Waals surface area contributed by atoms with E-state index in [-0.39, 0.29) is 18.0 Å². The van der Waals surface area contributed by atoms with Gasteiger partial charge >= 0.3 is 0 Å². The standard InChI is InChI=1S/C17H20FN3OS/c1-17(2,3)21-16(23)20-15-14(8-5-9-19-15)22-11-12-6-4-7-13(18)10-12/h4-10H,11H2,1-3H3,(H2,19,20,21,23). The summed E-state index contributed by atoms with van der Waals surface area (Å²) in [6.07, 6.45) is 1.65. The first-order valence-electron chi connectivity index (χ1n) is 7.25. The maximum absolute atomic E-state index is 13.2. The minimum absolute atomic E-state index is 0.151. The molecule has 0 saturated carbocycles. The van der Waals surface area contributed by atoms with Gasteiger partial charge in [-0.1, -0.05) is 12.1 Å². The first-order chi connectivity index (χ1) is 10.8. The molecular formula is C17H20FN3OS. The summed E-state index contributed by atoms with van der Waals surface area (Å²) in [6.45, 7) is 6.29. The zero-order valence-electron chi connectivity index (χ0n) is 13.4. The first-order valence-corrected chi connectivity index (χ1v) is 7.66. The van der Waals surface area contributed by atoms with Crippen LogP contribution in [0.3, 0.4) is 0 Å². The first kappa shape index (κ1) is 17.1. The van der Waals surface area contributed by atoms with Crippen LogP contribution in [0.4, 0.5) is 10.2 Å². The quantitative estimate of drug-likeness (QED) is 0.831. The molecule has 0 amide bonds. The molecule has 0 atom stereocenters. The number of anilines is 1. The number of benzene rings is 1. The van der Waals surface area contributed by atoms with Crippen molar-refractivity contribution >= 4 is 23.1 Å². The Morgan fingerprint density at radius 2 is 2.04 bits per heavy atom. The molecule has 0 aliphatic heterocycles. The van der Waals surface area contributed by atoms with Crippen molar-refractivity contribution in [2.24, 2.45) is 0 Å². The number of pyridine rings is 1. The smallest absolute Gasteiger partial charge is 0.174 e. The second-order valence-corrected chi connectivity index (χ2v) is 6.51. The van der Waals surface area contributed by atoms with Crippen LogP contribution in [0, 0.1) is 5.82 Å². The third-order valence-corrected chi connectivity index (χ3v) is 2.98. The van der Waals surface area contributed by atoms with Gasteiger partial charge < -0.3 is 15.4 Å². The lowest BCUT2D eigenvalue weighted by atomic mass is 10.1. The lowest BCUT2D eigenvalue weighted by Crippen LogP contribution is -2.43. The lowest BCUT2D eigenvalue weighted by molar-refractivity contribution is 0.306. The van der Waals surface area contributed by atoms with E-state index in [1.54, 1.807) is 30.5 Å². The number of hydrogen-bond acceptors (Lipinski definition) is 3. The molecule has 1 aromatic carbocycles. The zero-order valence-corrected chi connectivity index (χ0v) is 14.2. The Balaban J connectivity index is 2.04. The van der Waals surface area contributed by atoms with Crippen LogP contribution in [0.1, 0.15) is 26.3 Å². The summed E-state index contributed by atoms with van der Waals surface area (Å²) in [4.78, 5) is 4.24. The predicted octanol–water partition coefficient (Wildman–Crippen LogP) is 3.88. The van der Waals surface area contributed by atoms with Crippen LogP contribution < -0.4 is 15.4 Å². The normalized spacial score (nSPS) is 11.0. The number of thiocarbonyl (C=S) groups is 1. The molecule has 0 radical (unpaired) electrons. The number of nitrogens with one attached hydrogen (secondary N) is 2. The van der Waals surface area contributed by atoms with E-state index in [0.29, 0.717) is 16.7 Å². The number of hydrogen-bond donors (Lipinski definition) is 2. The van der Waals surface area contributed by atoms with E-state index < -0.39 is 0 Å². The SMILES string of the molecule is CC(C)(C)NC(=S)Nc1ncccc1OCc1cccc(F)c1. The molecule has 122 valence electrons. The Labute approximate surface area is 141 Å². The van der Waals surface area contributed by atoms with Gasteiger partial charge in [0.15, 0.2) is 16.7 Å². The van der Waals surface area contributed by atoms with Crippen molar-refractivity contribution in [3.8, 4) is 5.75 Å². The highest BCUT2D eigenvalue weighted by Gasteiger charge is 2.13. The molecule has 0 bridgehead atoms. The monoisotopic (exact) mass is 333 g/mol. The van der Waals surface area contributed by atoms with E-state index in [4.69, 9.17) is 17.0 Å². The molecule has 4 nitrogen and oxygen atoms in total. The van der Waals surface area contributed by atoms with Gasteiger partial charge in [-0.15, -0.1) is 0 Å². The summed E-state index contributed by atoms with van der Waals surface area (Å²) in [5, 5.41) is 6.64. The molecule has 0 unspecified atom stereocenters. The molecular weight excluding hydrogens is 313 g/mol. The van der Waals surface area contributed by atoms with Crippen LogP contribution in [-0.4, -0.2) is 15.6 Å². The van der Waals surface area contributed by atoms with Gasteiger partial charge in [-0.25, -0.2) is 9.37 Å². The molecule has 0 aliphatic rings. The minimum atomic E-state index is -0.286. The van der Waals surface area contributed by atoms with Crippen LogP contribution in [0.15, 0.2) is 42.6 Å². The maximum atomic E-state index is 13.2. The molecule has 1 heterocycles. The van der Waals surface area contributed by atoms with Gasteiger partial charge in [0, 0.05) is 11.7 Å². The minimum Gasteiger partial charge on any atom is -0.485 e. The van der Waals surface area contributed by atoms with Crippen molar-refractivity contribution in [2.45, 2.75) is 32.9 Å². The highest BCUT2D eigenvalue weighted by molar-refractivity contribution is 7.80. The lowest BCUT2D eigenvalue weighted by Gasteiger charge is -2.23. The van der Waals surface area contributed by atoms with E-state index in [1.165, 1.54) is 12.1 Å². The van der Waals surface area contributed by atoms with Crippen LogP contribution in [0.2, 0.25) is 0 Å². The van der Waals surface area contributed by atoms with Crippen molar-refractivity contribution in [2.75, 3.05) is 5.32 Å². The molecule has 0 aliphatic carbocycles. The van der Waals surface area contributed by atoms with Crippen molar-refractivity contribution in [3.63, 3.8) is 0 Å². The molecule has 2 N–H and O–H groups in total. The van der Waals surface area contributed by atoms with Crippen molar-refractivity contribution < 1.29 is 9.13 Å². The van der Waals surface area contributed by atoms with E-state index in [2.05, 4.69) is 15.6 Å². The van der Waals surface area contributed by atoms with Crippen molar-refractivity contribution in [1.29, 1.82) is 0 Å². The maximum Gasteiger partial charge on any atom is 0.174 e. The van der Waals surface area contributed by atoms with E-state index in [0.717, 1.165) is 5.56 Å². The Morgan fingerprint density at radius 3 is 2.74 bits per heavy atom. The van der Waals surface area contributed by atoms with Crippen molar-refractivity contribution in [1.82, 2.24) is 10.3 Å². The predicted molar refractivity (Wildman–Crippen MR) is 94.1 cm³/mol. The second-order valence-electron chi connectivity index (χ2n) is 6.10. The summed E-state index contributed by atoms with van der Waals surface area (Å²) in [6, 6.07) is 9.85. The number of ether oxygens (including phenoxy) is 1. The van der Waals surface area contributed by atoms with E-state index in [1.807, 2.05) is 20.8 Å². The molecule has 23 heavy (non-hydrogen) atoms. The van der Waals surface area contributed by atoms with Crippen molar-refractivity contribution in [3.05, 3.63) is 54.0 Å². The number of aromatic nitrogens is 1. The fourth-order valence-corrected chi connectivity index (χ4v) is 2.27. The average Bonchev–Trinajstić information content (AvgIpc) is 2.44. The Hall–Kier alpha value is -2.21. The van der Waals surface area contributed by atoms with E-state index >= 15 is 0 Å². The molecule has 0 saturated heterocycles. The van der Waals surface area contributed by atoms with Gasteiger partial charge in [-0.3, -0.25) is 0 Å². The Morgan fingerprint density at radius 1 is 1.26 bits per heavy atom. The molecule has 6 heteroatoms. The second kappa shape index (κ2) is 7.37. The van der Waals surface area contributed by atoms with Gasteiger partial charge in [-0.05, 0) is 62.8 Å². The molecule has 2 aromatic rings. The van der Waals surface area contributed by atoms with Crippen LogP contribution in [0.25, 0.3) is 0 Å². The third-order valence-electron chi connectivity index (χ3n) is 2.77. The number of nitrogens with zero attached hydrogens (tertiary/aromatic N) is 1.